The molecule has 1 atom stereocenters. The minimum absolute atomic E-state index is 0.0429. The maximum absolute atomic E-state index is 11.7. The highest BCUT2D eigenvalue weighted by Gasteiger charge is 2.25. The van der Waals surface area contributed by atoms with Crippen LogP contribution in [0, 0.1) is 5.41 Å². The number of rotatable bonds is 8. The summed E-state index contributed by atoms with van der Waals surface area (Å²) < 4.78 is 0. The Morgan fingerprint density at radius 3 is 2.17 bits per heavy atom. The Balaban J connectivity index is 3.99. The van der Waals surface area contributed by atoms with Gasteiger partial charge in [0, 0.05) is 25.5 Å². The van der Waals surface area contributed by atoms with Crippen LogP contribution in [0.15, 0.2) is 0 Å². The Hall–Kier alpha value is -1.10. The van der Waals surface area contributed by atoms with E-state index in [4.69, 9.17) is 10.2 Å². The largest absolute Gasteiger partial charge is 0.481 e. The highest BCUT2D eigenvalue weighted by atomic mass is 16.4. The number of carboxylic acids is 1. The third-order valence-electron chi connectivity index (χ3n) is 2.84. The fourth-order valence-electron chi connectivity index (χ4n) is 1.68. The fourth-order valence-corrected chi connectivity index (χ4v) is 1.68. The third-order valence-corrected chi connectivity index (χ3v) is 2.84. The lowest BCUT2D eigenvalue weighted by molar-refractivity contribution is -0.137. The summed E-state index contributed by atoms with van der Waals surface area (Å²) in [7, 11) is 0. The molecule has 5 heteroatoms. The molecule has 18 heavy (non-hydrogen) atoms. The van der Waals surface area contributed by atoms with Gasteiger partial charge in [-0.05, 0) is 24.7 Å². The van der Waals surface area contributed by atoms with Crippen LogP contribution in [0.25, 0.3) is 0 Å². The number of carbonyl (C=O) groups excluding carboxylic acids is 1. The summed E-state index contributed by atoms with van der Waals surface area (Å²) >= 11 is 0. The van der Waals surface area contributed by atoms with Gasteiger partial charge in [0.25, 0.3) is 0 Å². The topological polar surface area (TPSA) is 86.6 Å². The summed E-state index contributed by atoms with van der Waals surface area (Å²) in [5, 5.41) is 20.3. The fraction of sp³-hybridized carbons (Fsp3) is 0.846. The average Bonchev–Trinajstić information content (AvgIpc) is 2.22. The van der Waals surface area contributed by atoms with Gasteiger partial charge in [-0.1, -0.05) is 20.8 Å². The van der Waals surface area contributed by atoms with Crippen LogP contribution in [0.1, 0.15) is 52.9 Å². The smallest absolute Gasteiger partial charge is 0.303 e. The van der Waals surface area contributed by atoms with E-state index < -0.39 is 5.97 Å². The van der Waals surface area contributed by atoms with E-state index in [2.05, 4.69) is 5.32 Å². The predicted octanol–water partition coefficient (Wildman–Crippen LogP) is 1.54. The van der Waals surface area contributed by atoms with Gasteiger partial charge in [0.15, 0.2) is 0 Å². The number of hydrogen-bond donors (Lipinski definition) is 3. The maximum atomic E-state index is 11.7. The van der Waals surface area contributed by atoms with E-state index in [0.717, 1.165) is 0 Å². The summed E-state index contributed by atoms with van der Waals surface area (Å²) in [5.74, 6) is -0.906. The van der Waals surface area contributed by atoms with Crippen molar-refractivity contribution < 1.29 is 19.8 Å². The van der Waals surface area contributed by atoms with E-state index in [9.17, 15) is 9.59 Å². The zero-order valence-electron chi connectivity index (χ0n) is 11.5. The van der Waals surface area contributed by atoms with E-state index in [0.29, 0.717) is 25.7 Å². The SMILES string of the molecule is CC(C)(C)C(CCO)NC(=O)CCCCC(=O)O. The summed E-state index contributed by atoms with van der Waals surface area (Å²) in [6.45, 7) is 6.08. The zero-order chi connectivity index (χ0) is 14.2. The highest BCUT2D eigenvalue weighted by molar-refractivity contribution is 5.76. The molecule has 0 fully saturated rings. The van der Waals surface area contributed by atoms with Gasteiger partial charge in [0.2, 0.25) is 5.91 Å². The van der Waals surface area contributed by atoms with Gasteiger partial charge in [-0.2, -0.15) is 0 Å². The van der Waals surface area contributed by atoms with Crippen LogP contribution in [0.5, 0.6) is 0 Å². The highest BCUT2D eigenvalue weighted by Crippen LogP contribution is 2.21. The summed E-state index contributed by atoms with van der Waals surface area (Å²) in [6.07, 6.45) is 2.07. The first-order valence-electron chi connectivity index (χ1n) is 6.39. The van der Waals surface area contributed by atoms with E-state index in [-0.39, 0.29) is 30.4 Å². The maximum Gasteiger partial charge on any atom is 0.303 e. The van der Waals surface area contributed by atoms with E-state index in [1.165, 1.54) is 0 Å². The lowest BCUT2D eigenvalue weighted by atomic mass is 9.85. The molecule has 0 bridgehead atoms. The molecule has 0 rings (SSSR count). The van der Waals surface area contributed by atoms with Crippen molar-refractivity contribution in [1.29, 1.82) is 0 Å². The molecule has 0 saturated heterocycles. The number of carboxylic acid groups (broad SMARTS) is 1. The van der Waals surface area contributed by atoms with Crippen molar-refractivity contribution in [1.82, 2.24) is 5.32 Å². The number of unbranched alkanes of at least 4 members (excludes halogenated alkanes) is 1. The van der Waals surface area contributed by atoms with Crippen molar-refractivity contribution in [3.63, 3.8) is 0 Å². The van der Waals surface area contributed by atoms with Gasteiger partial charge in [-0.3, -0.25) is 9.59 Å². The van der Waals surface area contributed by atoms with Gasteiger partial charge in [-0.25, -0.2) is 0 Å². The van der Waals surface area contributed by atoms with Crippen LogP contribution in [0.4, 0.5) is 0 Å². The number of hydrogen-bond acceptors (Lipinski definition) is 3. The Morgan fingerprint density at radius 1 is 1.17 bits per heavy atom. The van der Waals surface area contributed by atoms with E-state index in [1.54, 1.807) is 0 Å². The van der Waals surface area contributed by atoms with Crippen LogP contribution in [0.3, 0.4) is 0 Å². The minimum Gasteiger partial charge on any atom is -0.481 e. The lowest BCUT2D eigenvalue weighted by Gasteiger charge is -2.31. The Kier molecular flexibility index (Phi) is 7.59. The monoisotopic (exact) mass is 259 g/mol. The normalized spacial score (nSPS) is 13.1. The van der Waals surface area contributed by atoms with E-state index >= 15 is 0 Å². The van der Waals surface area contributed by atoms with Crippen molar-refractivity contribution in [2.75, 3.05) is 6.61 Å². The second-order valence-corrected chi connectivity index (χ2v) is 5.60. The second-order valence-electron chi connectivity index (χ2n) is 5.60. The summed E-state index contributed by atoms with van der Waals surface area (Å²) in [5.41, 5.74) is -0.0978. The molecule has 106 valence electrons. The first-order chi connectivity index (χ1) is 8.27. The van der Waals surface area contributed by atoms with Crippen molar-refractivity contribution in [3.05, 3.63) is 0 Å². The van der Waals surface area contributed by atoms with Gasteiger partial charge in [0.1, 0.15) is 0 Å². The molecule has 0 aliphatic rings. The van der Waals surface area contributed by atoms with Crippen molar-refractivity contribution in [3.8, 4) is 0 Å². The molecule has 0 heterocycles. The van der Waals surface area contributed by atoms with Crippen molar-refractivity contribution >= 4 is 11.9 Å². The Morgan fingerprint density at radius 2 is 1.72 bits per heavy atom. The molecule has 1 unspecified atom stereocenters. The second kappa shape index (κ2) is 8.08. The van der Waals surface area contributed by atoms with Crippen LogP contribution < -0.4 is 5.32 Å². The molecule has 5 nitrogen and oxygen atoms in total. The molecule has 0 radical (unpaired) electrons. The molecule has 0 aromatic rings. The molecule has 0 aliphatic heterocycles. The van der Waals surface area contributed by atoms with Crippen LogP contribution >= 0.6 is 0 Å². The average molecular weight is 259 g/mol. The molecular formula is C13H25NO4. The Labute approximate surface area is 109 Å². The number of aliphatic hydroxyl groups excluding tert-OH is 1. The summed E-state index contributed by atoms with van der Waals surface area (Å²) in [6, 6.07) is -0.0607. The Bertz CT molecular complexity index is 271. The van der Waals surface area contributed by atoms with Gasteiger partial charge in [0.05, 0.1) is 0 Å². The molecule has 0 aromatic heterocycles. The molecule has 3 N–H and O–H groups in total. The van der Waals surface area contributed by atoms with Gasteiger partial charge >= 0.3 is 5.97 Å². The number of carbonyl (C=O) groups is 2. The number of nitrogens with one attached hydrogen (secondary N) is 1. The standard InChI is InChI=1S/C13H25NO4/c1-13(2,3)10(8-9-15)14-11(16)6-4-5-7-12(17)18/h10,15H,4-9H2,1-3H3,(H,14,16)(H,17,18). The lowest BCUT2D eigenvalue weighted by Crippen LogP contribution is -2.44. The molecule has 0 spiro atoms. The predicted molar refractivity (Wildman–Crippen MR) is 69.2 cm³/mol. The van der Waals surface area contributed by atoms with Crippen molar-refractivity contribution in [2.45, 2.75) is 58.9 Å². The molecular weight excluding hydrogens is 234 g/mol. The quantitative estimate of drug-likeness (QED) is 0.577. The van der Waals surface area contributed by atoms with Crippen LogP contribution in [-0.2, 0) is 9.59 Å². The zero-order valence-corrected chi connectivity index (χ0v) is 11.5. The first-order valence-corrected chi connectivity index (χ1v) is 6.39. The summed E-state index contributed by atoms with van der Waals surface area (Å²) in [4.78, 5) is 22.0. The van der Waals surface area contributed by atoms with E-state index in [1.807, 2.05) is 20.8 Å². The minimum atomic E-state index is -0.830. The molecule has 0 saturated carbocycles. The molecule has 1 amide bonds. The number of aliphatic carboxylic acids is 1. The van der Waals surface area contributed by atoms with Gasteiger partial charge in [-0.15, -0.1) is 0 Å². The van der Waals surface area contributed by atoms with Crippen LogP contribution in [-0.4, -0.2) is 34.7 Å². The van der Waals surface area contributed by atoms with Crippen LogP contribution in [0.2, 0.25) is 0 Å². The molecule has 0 aromatic carbocycles. The third kappa shape index (κ3) is 8.06. The van der Waals surface area contributed by atoms with Gasteiger partial charge < -0.3 is 15.5 Å². The first kappa shape index (κ1) is 16.9. The molecule has 0 aliphatic carbocycles. The number of amides is 1. The van der Waals surface area contributed by atoms with Crippen molar-refractivity contribution in [2.24, 2.45) is 5.41 Å². The number of aliphatic hydroxyl groups is 1.